The molecule has 18 heavy (non-hydrogen) atoms. The molecule has 2 fully saturated rings. The number of hydrogen-bond acceptors (Lipinski definition) is 5. The van der Waals surface area contributed by atoms with Gasteiger partial charge in [0.15, 0.2) is 0 Å². The molecule has 2 saturated heterocycles. The molecule has 2 unspecified atom stereocenters. The van der Waals surface area contributed by atoms with Crippen LogP contribution < -0.4 is 5.32 Å². The number of nitrogens with one attached hydrogen (secondary N) is 1. The quantitative estimate of drug-likeness (QED) is 0.667. The molecule has 0 aliphatic carbocycles. The number of piperidine rings is 1. The lowest BCUT2D eigenvalue weighted by Gasteiger charge is -2.33. The predicted molar refractivity (Wildman–Crippen MR) is 63.9 cm³/mol. The topological polar surface area (TPSA) is 67.9 Å². The Balaban J connectivity index is 1.81. The van der Waals surface area contributed by atoms with E-state index < -0.39 is 0 Å². The van der Waals surface area contributed by atoms with Gasteiger partial charge < -0.3 is 19.7 Å². The third-order valence-electron chi connectivity index (χ3n) is 3.57. The summed E-state index contributed by atoms with van der Waals surface area (Å²) >= 11 is 0. The molecule has 1 N–H and O–H groups in total. The Morgan fingerprint density at radius 2 is 2.00 bits per heavy atom. The van der Waals surface area contributed by atoms with E-state index >= 15 is 0 Å². The zero-order valence-corrected chi connectivity index (χ0v) is 10.7. The van der Waals surface area contributed by atoms with Crippen LogP contribution in [0.4, 0.5) is 0 Å². The summed E-state index contributed by atoms with van der Waals surface area (Å²) in [7, 11) is 1.38. The van der Waals surface area contributed by atoms with Gasteiger partial charge in [0.2, 0.25) is 5.91 Å². The molecule has 0 saturated carbocycles. The van der Waals surface area contributed by atoms with E-state index in [9.17, 15) is 9.59 Å². The van der Waals surface area contributed by atoms with Crippen molar-refractivity contribution in [1.29, 1.82) is 0 Å². The van der Waals surface area contributed by atoms with Gasteiger partial charge in [-0.25, -0.2) is 0 Å². The third kappa shape index (κ3) is 3.00. The first-order valence-electron chi connectivity index (χ1n) is 6.40. The monoisotopic (exact) mass is 256 g/mol. The van der Waals surface area contributed by atoms with Crippen LogP contribution in [-0.4, -0.2) is 62.8 Å². The largest absolute Gasteiger partial charge is 0.468 e. The van der Waals surface area contributed by atoms with E-state index in [1.165, 1.54) is 7.11 Å². The van der Waals surface area contributed by atoms with E-state index in [1.807, 2.05) is 4.90 Å². The fraction of sp³-hybridized carbons (Fsp3) is 0.833. The number of amides is 1. The highest BCUT2D eigenvalue weighted by Crippen LogP contribution is 2.18. The number of carbonyl (C=O) groups excluding carboxylic acids is 2. The average Bonchev–Trinajstić information content (AvgIpc) is 2.47. The number of morpholine rings is 1. The molecule has 2 atom stereocenters. The molecule has 1 amide bonds. The number of esters is 1. The Morgan fingerprint density at radius 1 is 1.28 bits per heavy atom. The van der Waals surface area contributed by atoms with Crippen LogP contribution in [0, 0.1) is 5.92 Å². The highest BCUT2D eigenvalue weighted by molar-refractivity contribution is 5.80. The van der Waals surface area contributed by atoms with Crippen molar-refractivity contribution in [2.45, 2.75) is 18.9 Å². The second kappa shape index (κ2) is 6.15. The summed E-state index contributed by atoms with van der Waals surface area (Å²) in [5, 5.41) is 3.09. The molecule has 6 nitrogen and oxygen atoms in total. The van der Waals surface area contributed by atoms with Crippen molar-refractivity contribution >= 4 is 11.9 Å². The van der Waals surface area contributed by atoms with Gasteiger partial charge in [0.05, 0.1) is 26.2 Å². The lowest BCUT2D eigenvalue weighted by atomic mass is 9.93. The van der Waals surface area contributed by atoms with Crippen LogP contribution in [-0.2, 0) is 19.1 Å². The summed E-state index contributed by atoms with van der Waals surface area (Å²) in [6.45, 7) is 3.15. The zero-order chi connectivity index (χ0) is 13.0. The molecule has 2 rings (SSSR count). The van der Waals surface area contributed by atoms with Crippen LogP contribution in [0.25, 0.3) is 0 Å². The summed E-state index contributed by atoms with van der Waals surface area (Å²) < 4.78 is 9.92. The van der Waals surface area contributed by atoms with Crippen molar-refractivity contribution in [2.75, 3.05) is 40.0 Å². The summed E-state index contributed by atoms with van der Waals surface area (Å²) in [5.41, 5.74) is 0. The van der Waals surface area contributed by atoms with Crippen molar-refractivity contribution in [1.82, 2.24) is 10.2 Å². The maximum absolute atomic E-state index is 12.2. The van der Waals surface area contributed by atoms with Crippen molar-refractivity contribution < 1.29 is 19.1 Å². The maximum Gasteiger partial charge on any atom is 0.322 e. The van der Waals surface area contributed by atoms with Gasteiger partial charge in [-0.2, -0.15) is 0 Å². The van der Waals surface area contributed by atoms with Crippen LogP contribution in [0.3, 0.4) is 0 Å². The van der Waals surface area contributed by atoms with Crippen LogP contribution in [0.1, 0.15) is 12.8 Å². The van der Waals surface area contributed by atoms with Gasteiger partial charge in [-0.05, 0) is 12.8 Å². The van der Waals surface area contributed by atoms with Gasteiger partial charge in [-0.1, -0.05) is 0 Å². The second-order valence-electron chi connectivity index (χ2n) is 4.70. The summed E-state index contributed by atoms with van der Waals surface area (Å²) in [6, 6.07) is -0.260. The minimum atomic E-state index is -0.260. The second-order valence-corrected chi connectivity index (χ2v) is 4.70. The first-order valence-corrected chi connectivity index (χ1v) is 6.40. The van der Waals surface area contributed by atoms with E-state index in [2.05, 4.69) is 10.1 Å². The number of methoxy groups -OCH3 is 1. The molecule has 2 aliphatic rings. The first kappa shape index (κ1) is 13.3. The zero-order valence-electron chi connectivity index (χ0n) is 10.7. The molecule has 2 heterocycles. The molecule has 6 heteroatoms. The number of rotatable bonds is 2. The number of hydrogen-bond donors (Lipinski definition) is 1. The molecule has 0 spiro atoms. The fourth-order valence-corrected chi connectivity index (χ4v) is 2.45. The standard InChI is InChI=1S/C12H20N2O4/c1-17-12(16)10-3-2-9(8-13-10)11(15)14-4-6-18-7-5-14/h9-10,13H,2-8H2,1H3. The average molecular weight is 256 g/mol. The summed E-state index contributed by atoms with van der Waals surface area (Å²) in [5.74, 6) is -0.0922. The van der Waals surface area contributed by atoms with Crippen LogP contribution in [0.5, 0.6) is 0 Å². The van der Waals surface area contributed by atoms with E-state index in [0.717, 1.165) is 6.42 Å². The van der Waals surface area contributed by atoms with Gasteiger partial charge in [0.1, 0.15) is 6.04 Å². The van der Waals surface area contributed by atoms with Crippen molar-refractivity contribution in [3.63, 3.8) is 0 Å². The van der Waals surface area contributed by atoms with E-state index in [1.54, 1.807) is 0 Å². The smallest absolute Gasteiger partial charge is 0.322 e. The first-order chi connectivity index (χ1) is 8.72. The third-order valence-corrected chi connectivity index (χ3v) is 3.57. The molecular weight excluding hydrogens is 236 g/mol. The molecule has 102 valence electrons. The van der Waals surface area contributed by atoms with Gasteiger partial charge >= 0.3 is 5.97 Å². The highest BCUT2D eigenvalue weighted by Gasteiger charge is 2.32. The summed E-state index contributed by atoms with van der Waals surface area (Å²) in [4.78, 5) is 25.4. The number of nitrogens with zero attached hydrogens (tertiary/aromatic N) is 1. The van der Waals surface area contributed by atoms with E-state index in [4.69, 9.17) is 4.74 Å². The highest BCUT2D eigenvalue weighted by atomic mass is 16.5. The molecule has 0 radical (unpaired) electrons. The van der Waals surface area contributed by atoms with Crippen LogP contribution in [0.2, 0.25) is 0 Å². The van der Waals surface area contributed by atoms with E-state index in [-0.39, 0.29) is 23.8 Å². The Kier molecular flexibility index (Phi) is 4.54. The minimum Gasteiger partial charge on any atom is -0.468 e. The Hall–Kier alpha value is -1.14. The molecule has 0 aromatic rings. The van der Waals surface area contributed by atoms with Crippen molar-refractivity contribution in [3.8, 4) is 0 Å². The lowest BCUT2D eigenvalue weighted by Crippen LogP contribution is -2.51. The minimum absolute atomic E-state index is 0.0241. The van der Waals surface area contributed by atoms with Crippen molar-refractivity contribution in [3.05, 3.63) is 0 Å². The number of carbonyl (C=O) groups is 2. The Bertz CT molecular complexity index is 307. The molecule has 0 bridgehead atoms. The number of ether oxygens (including phenoxy) is 2. The van der Waals surface area contributed by atoms with Gasteiger partial charge in [0.25, 0.3) is 0 Å². The maximum atomic E-state index is 12.2. The van der Waals surface area contributed by atoms with Gasteiger partial charge in [0, 0.05) is 19.6 Å². The van der Waals surface area contributed by atoms with Crippen LogP contribution in [0.15, 0.2) is 0 Å². The molecule has 0 aromatic heterocycles. The SMILES string of the molecule is COC(=O)C1CCC(C(=O)N2CCOCC2)CN1. The van der Waals surface area contributed by atoms with Crippen molar-refractivity contribution in [2.24, 2.45) is 5.92 Å². The fourth-order valence-electron chi connectivity index (χ4n) is 2.45. The Labute approximate surface area is 107 Å². The van der Waals surface area contributed by atoms with Crippen LogP contribution >= 0.6 is 0 Å². The van der Waals surface area contributed by atoms with Gasteiger partial charge in [-0.3, -0.25) is 9.59 Å². The molecule has 2 aliphatic heterocycles. The predicted octanol–water partition coefficient (Wildman–Crippen LogP) is -0.614. The summed E-state index contributed by atoms with van der Waals surface area (Å²) in [6.07, 6.45) is 1.40. The molecule has 0 aromatic carbocycles. The Morgan fingerprint density at radius 3 is 2.56 bits per heavy atom. The van der Waals surface area contributed by atoms with Gasteiger partial charge in [-0.15, -0.1) is 0 Å². The molecular formula is C12H20N2O4. The lowest BCUT2D eigenvalue weighted by molar-refractivity contribution is -0.146. The normalized spacial score (nSPS) is 28.8. The van der Waals surface area contributed by atoms with E-state index in [0.29, 0.717) is 39.3 Å².